The number of nitrogens with one attached hydrogen (secondary N) is 1. The van der Waals surface area contributed by atoms with Gasteiger partial charge in [0.25, 0.3) is 0 Å². The van der Waals surface area contributed by atoms with Gasteiger partial charge < -0.3 is 14.8 Å². The third kappa shape index (κ3) is 3.01. The molecule has 2 aliphatic rings. The van der Waals surface area contributed by atoms with E-state index in [2.05, 4.69) is 12.2 Å². The van der Waals surface area contributed by atoms with Crippen LogP contribution in [-0.4, -0.2) is 33.1 Å². The number of likely N-dealkylation sites (N-methyl/N-ethyl adjacent to an activating group) is 1. The maximum atomic E-state index is 5.42. The smallest absolute Gasteiger partial charge is 0.171 e. The van der Waals surface area contributed by atoms with Gasteiger partial charge in [-0.25, -0.2) is 0 Å². The predicted octanol–water partition coefficient (Wildman–Crippen LogP) is 2.41. The maximum Gasteiger partial charge on any atom is 0.171 e. The minimum atomic E-state index is -0.103. The number of ether oxygens (including phenoxy) is 2. The van der Waals surface area contributed by atoms with Crippen LogP contribution in [0.4, 0.5) is 0 Å². The largest absolute Gasteiger partial charge is 0.354 e. The first-order valence-electron chi connectivity index (χ1n) is 7.07. The average molecular weight is 241 g/mol. The summed E-state index contributed by atoms with van der Waals surface area (Å²) in [6, 6.07) is 0.347. The molecule has 1 N–H and O–H groups in total. The molecule has 4 unspecified atom stereocenters. The Kier molecular flexibility index (Phi) is 4.83. The van der Waals surface area contributed by atoms with E-state index in [4.69, 9.17) is 9.47 Å². The Morgan fingerprint density at radius 3 is 2.41 bits per heavy atom. The summed E-state index contributed by atoms with van der Waals surface area (Å²) in [7, 11) is 3.47. The Morgan fingerprint density at radius 1 is 1.18 bits per heavy atom. The second-order valence-corrected chi connectivity index (χ2v) is 5.67. The lowest BCUT2D eigenvalue weighted by Crippen LogP contribution is -2.43. The van der Waals surface area contributed by atoms with Gasteiger partial charge >= 0.3 is 0 Å². The van der Waals surface area contributed by atoms with Crippen molar-refractivity contribution >= 4 is 0 Å². The summed E-state index contributed by atoms with van der Waals surface area (Å²) in [6.45, 7) is 3.13. The highest BCUT2D eigenvalue weighted by Gasteiger charge is 2.41. The van der Waals surface area contributed by atoms with Crippen molar-refractivity contribution in [2.45, 2.75) is 51.4 Å². The molecule has 0 radical (unpaired) electrons. The van der Waals surface area contributed by atoms with Crippen LogP contribution in [0.5, 0.6) is 0 Å². The second-order valence-electron chi connectivity index (χ2n) is 5.67. The molecule has 2 saturated carbocycles. The third-order valence-corrected chi connectivity index (χ3v) is 4.70. The van der Waals surface area contributed by atoms with Gasteiger partial charge in [-0.1, -0.05) is 13.3 Å². The van der Waals surface area contributed by atoms with Crippen LogP contribution in [0.1, 0.15) is 39.0 Å². The summed E-state index contributed by atoms with van der Waals surface area (Å²) in [5.41, 5.74) is 0. The summed E-state index contributed by atoms with van der Waals surface area (Å²) in [6.07, 6.45) is 6.96. The van der Waals surface area contributed by atoms with E-state index in [0.717, 1.165) is 24.3 Å². The van der Waals surface area contributed by atoms with Crippen LogP contribution >= 0.6 is 0 Å². The summed E-state index contributed by atoms with van der Waals surface area (Å²) in [5, 5.41) is 3.52. The van der Waals surface area contributed by atoms with Gasteiger partial charge in [0.15, 0.2) is 6.29 Å². The second kappa shape index (κ2) is 6.17. The van der Waals surface area contributed by atoms with Crippen LogP contribution in [-0.2, 0) is 9.47 Å². The minimum absolute atomic E-state index is 0.103. The van der Waals surface area contributed by atoms with Crippen molar-refractivity contribution < 1.29 is 9.47 Å². The topological polar surface area (TPSA) is 30.5 Å². The van der Waals surface area contributed by atoms with Gasteiger partial charge in [0.1, 0.15) is 0 Å². The molecule has 0 aliphatic heterocycles. The molecular weight excluding hydrogens is 214 g/mol. The zero-order valence-corrected chi connectivity index (χ0v) is 11.4. The van der Waals surface area contributed by atoms with Crippen molar-refractivity contribution in [1.29, 1.82) is 0 Å². The highest BCUT2D eigenvalue weighted by Crippen LogP contribution is 2.50. The van der Waals surface area contributed by atoms with E-state index >= 15 is 0 Å². The number of hydrogen-bond donors (Lipinski definition) is 1. The fourth-order valence-corrected chi connectivity index (χ4v) is 3.97. The molecule has 0 heterocycles. The van der Waals surface area contributed by atoms with Crippen molar-refractivity contribution in [3.8, 4) is 0 Å². The Morgan fingerprint density at radius 2 is 1.94 bits per heavy atom. The first-order chi connectivity index (χ1) is 8.28. The molecule has 2 aliphatic carbocycles. The van der Waals surface area contributed by atoms with E-state index in [-0.39, 0.29) is 6.29 Å². The molecular formula is C14H27NO2. The molecule has 4 atom stereocenters. The van der Waals surface area contributed by atoms with Gasteiger partial charge in [0.05, 0.1) is 6.04 Å². The SMILES string of the molecule is CCNC(CC1CC2CCC1C2)C(OC)OC. The van der Waals surface area contributed by atoms with Crippen molar-refractivity contribution in [3.05, 3.63) is 0 Å². The molecule has 2 fully saturated rings. The van der Waals surface area contributed by atoms with Gasteiger partial charge in [-0.2, -0.15) is 0 Å². The summed E-state index contributed by atoms with van der Waals surface area (Å²) in [5.74, 6) is 2.90. The number of fused-ring (bicyclic) bond motifs is 2. The van der Waals surface area contributed by atoms with Gasteiger partial charge in [-0.15, -0.1) is 0 Å². The zero-order chi connectivity index (χ0) is 12.3. The fourth-order valence-electron chi connectivity index (χ4n) is 3.97. The van der Waals surface area contributed by atoms with Crippen LogP contribution in [0.25, 0.3) is 0 Å². The summed E-state index contributed by atoms with van der Waals surface area (Å²) < 4.78 is 10.8. The van der Waals surface area contributed by atoms with E-state index in [1.807, 2.05) is 0 Å². The Balaban J connectivity index is 1.88. The van der Waals surface area contributed by atoms with Gasteiger partial charge in [0.2, 0.25) is 0 Å². The van der Waals surface area contributed by atoms with E-state index in [1.54, 1.807) is 14.2 Å². The molecule has 100 valence electrons. The molecule has 0 spiro atoms. The molecule has 0 saturated heterocycles. The highest BCUT2D eigenvalue weighted by molar-refractivity contribution is 4.92. The number of rotatable bonds is 7. The van der Waals surface area contributed by atoms with Crippen molar-refractivity contribution in [1.82, 2.24) is 5.32 Å². The summed E-state index contributed by atoms with van der Waals surface area (Å²) >= 11 is 0. The van der Waals surface area contributed by atoms with Crippen LogP contribution < -0.4 is 5.32 Å². The maximum absolute atomic E-state index is 5.42. The minimum Gasteiger partial charge on any atom is -0.354 e. The standard InChI is InChI=1S/C14H27NO2/c1-4-15-13(14(16-2)17-3)9-12-8-10-5-6-11(12)7-10/h10-15H,4-9H2,1-3H3. The van der Waals surface area contributed by atoms with E-state index < -0.39 is 0 Å². The molecule has 0 amide bonds. The predicted molar refractivity (Wildman–Crippen MR) is 68.8 cm³/mol. The van der Waals surface area contributed by atoms with Crippen molar-refractivity contribution in [2.24, 2.45) is 17.8 Å². The Hall–Kier alpha value is -0.120. The molecule has 0 aromatic heterocycles. The molecule has 2 rings (SSSR count). The average Bonchev–Trinajstić information content (AvgIpc) is 2.93. The van der Waals surface area contributed by atoms with Crippen molar-refractivity contribution in [2.75, 3.05) is 20.8 Å². The van der Waals surface area contributed by atoms with Crippen LogP contribution in [0.2, 0.25) is 0 Å². The third-order valence-electron chi connectivity index (χ3n) is 4.70. The lowest BCUT2D eigenvalue weighted by atomic mass is 9.84. The van der Waals surface area contributed by atoms with E-state index in [9.17, 15) is 0 Å². The normalized spacial score (nSPS) is 33.5. The molecule has 3 heteroatoms. The highest BCUT2D eigenvalue weighted by atomic mass is 16.7. The van der Waals surface area contributed by atoms with Gasteiger partial charge in [-0.05, 0) is 50.0 Å². The lowest BCUT2D eigenvalue weighted by molar-refractivity contribution is -0.126. The van der Waals surface area contributed by atoms with E-state index in [0.29, 0.717) is 6.04 Å². The molecule has 17 heavy (non-hydrogen) atoms. The van der Waals surface area contributed by atoms with Gasteiger partial charge in [-0.3, -0.25) is 0 Å². The zero-order valence-electron chi connectivity index (χ0n) is 11.4. The Labute approximate surface area is 105 Å². The Bertz CT molecular complexity index is 230. The molecule has 2 bridgehead atoms. The first kappa shape index (κ1) is 13.3. The molecule has 3 nitrogen and oxygen atoms in total. The lowest BCUT2D eigenvalue weighted by Gasteiger charge is -2.31. The number of hydrogen-bond acceptors (Lipinski definition) is 3. The quantitative estimate of drug-likeness (QED) is 0.694. The van der Waals surface area contributed by atoms with Crippen molar-refractivity contribution in [3.63, 3.8) is 0 Å². The van der Waals surface area contributed by atoms with Crippen LogP contribution in [0, 0.1) is 17.8 Å². The van der Waals surface area contributed by atoms with Gasteiger partial charge in [0, 0.05) is 14.2 Å². The first-order valence-corrected chi connectivity index (χ1v) is 7.07. The van der Waals surface area contributed by atoms with E-state index in [1.165, 1.54) is 32.1 Å². The molecule has 0 aromatic carbocycles. The van der Waals surface area contributed by atoms with Crippen LogP contribution in [0.3, 0.4) is 0 Å². The molecule has 0 aromatic rings. The summed E-state index contributed by atoms with van der Waals surface area (Å²) in [4.78, 5) is 0. The monoisotopic (exact) mass is 241 g/mol. The van der Waals surface area contributed by atoms with Crippen LogP contribution in [0.15, 0.2) is 0 Å². The number of methoxy groups -OCH3 is 2. The fraction of sp³-hybridized carbons (Fsp3) is 1.00.